The fourth-order valence-corrected chi connectivity index (χ4v) is 5.82. The fraction of sp³-hybridized carbons (Fsp3) is 0.923. The Morgan fingerprint density at radius 1 is 0.933 bits per heavy atom. The van der Waals surface area contributed by atoms with Gasteiger partial charge in [-0.05, 0) is 80.5 Å². The van der Waals surface area contributed by atoms with Crippen LogP contribution in [0.25, 0.3) is 0 Å². The zero-order chi connectivity index (χ0) is 22.5. The summed E-state index contributed by atoms with van der Waals surface area (Å²) in [6.07, 6.45) is 9.87. The number of aliphatic carboxylic acids is 1. The highest BCUT2D eigenvalue weighted by Crippen LogP contribution is 2.38. The molecule has 0 amide bonds. The summed E-state index contributed by atoms with van der Waals surface area (Å²) in [4.78, 5) is 24.9. The Kier molecular flexibility index (Phi) is 9.24. The second-order valence-electron chi connectivity index (χ2n) is 11.9. The molecule has 2 fully saturated rings. The second kappa shape index (κ2) is 11.0. The topological polar surface area (TPSA) is 63.6 Å². The number of carboxylic acid groups (broad SMARTS) is 1. The van der Waals surface area contributed by atoms with E-state index in [1.54, 1.807) is 0 Å². The molecule has 0 aromatic carbocycles. The number of hydrogen-bond donors (Lipinski definition) is 1. The first-order valence-corrected chi connectivity index (χ1v) is 12.4. The summed E-state index contributed by atoms with van der Waals surface area (Å²) >= 11 is 0. The van der Waals surface area contributed by atoms with Crippen LogP contribution in [0, 0.1) is 40.9 Å². The lowest BCUT2D eigenvalue weighted by Crippen LogP contribution is -2.39. The smallest absolute Gasteiger partial charge is 0.310 e. The summed E-state index contributed by atoms with van der Waals surface area (Å²) < 4.78 is 6.16. The van der Waals surface area contributed by atoms with E-state index in [0.717, 1.165) is 44.4 Å². The van der Waals surface area contributed by atoms with Gasteiger partial charge in [0.15, 0.2) is 0 Å². The number of carboxylic acids is 1. The Morgan fingerprint density at radius 2 is 1.53 bits per heavy atom. The average molecular weight is 423 g/mol. The van der Waals surface area contributed by atoms with Gasteiger partial charge in [-0.3, -0.25) is 9.59 Å². The van der Waals surface area contributed by atoms with Gasteiger partial charge in [-0.15, -0.1) is 0 Å². The van der Waals surface area contributed by atoms with Crippen LogP contribution in [0.1, 0.15) is 106 Å². The Hall–Kier alpha value is -1.06. The minimum Gasteiger partial charge on any atom is -0.481 e. The fourth-order valence-electron chi connectivity index (χ4n) is 5.82. The molecule has 0 bridgehead atoms. The summed E-state index contributed by atoms with van der Waals surface area (Å²) in [5, 5.41) is 9.66. The van der Waals surface area contributed by atoms with Gasteiger partial charge in [-0.2, -0.15) is 0 Å². The van der Waals surface area contributed by atoms with Crippen molar-refractivity contribution in [3.8, 4) is 0 Å². The van der Waals surface area contributed by atoms with Gasteiger partial charge in [-0.1, -0.05) is 54.4 Å². The lowest BCUT2D eigenvalue weighted by molar-refractivity contribution is -0.167. The largest absolute Gasteiger partial charge is 0.481 e. The van der Waals surface area contributed by atoms with E-state index in [9.17, 15) is 14.7 Å². The van der Waals surface area contributed by atoms with Gasteiger partial charge in [0, 0.05) is 0 Å². The molecule has 0 aromatic heterocycles. The molecule has 2 rings (SSSR count). The van der Waals surface area contributed by atoms with Gasteiger partial charge >= 0.3 is 11.9 Å². The van der Waals surface area contributed by atoms with E-state index < -0.39 is 17.8 Å². The number of carbonyl (C=O) groups is 2. The van der Waals surface area contributed by atoms with Crippen LogP contribution in [0.15, 0.2) is 0 Å². The van der Waals surface area contributed by atoms with Crippen LogP contribution in [-0.4, -0.2) is 23.1 Å². The van der Waals surface area contributed by atoms with Crippen LogP contribution in [0.2, 0.25) is 0 Å². The molecule has 4 nitrogen and oxygen atoms in total. The van der Waals surface area contributed by atoms with Crippen molar-refractivity contribution in [2.45, 2.75) is 112 Å². The van der Waals surface area contributed by atoms with Crippen molar-refractivity contribution in [1.29, 1.82) is 0 Å². The maximum Gasteiger partial charge on any atom is 0.310 e. The van der Waals surface area contributed by atoms with E-state index in [-0.39, 0.29) is 12.1 Å². The quantitative estimate of drug-likeness (QED) is 0.441. The number of hydrogen-bond acceptors (Lipinski definition) is 3. The van der Waals surface area contributed by atoms with Gasteiger partial charge in [-0.25, -0.2) is 0 Å². The lowest BCUT2D eigenvalue weighted by Gasteiger charge is -2.36. The van der Waals surface area contributed by atoms with E-state index in [2.05, 4.69) is 41.5 Å². The molecule has 174 valence electrons. The molecule has 0 saturated heterocycles. The first-order valence-electron chi connectivity index (χ1n) is 12.4. The van der Waals surface area contributed by atoms with Crippen molar-refractivity contribution in [3.05, 3.63) is 0 Å². The summed E-state index contributed by atoms with van der Waals surface area (Å²) in [5.74, 6) is -0.0120. The van der Waals surface area contributed by atoms with Gasteiger partial charge in [0.2, 0.25) is 0 Å². The summed E-state index contributed by atoms with van der Waals surface area (Å²) in [7, 11) is 0. The summed E-state index contributed by atoms with van der Waals surface area (Å²) in [5.41, 5.74) is 0.305. The summed E-state index contributed by atoms with van der Waals surface area (Å²) in [6.45, 7) is 13.5. The molecule has 5 unspecified atom stereocenters. The third kappa shape index (κ3) is 7.89. The molecule has 2 aliphatic carbocycles. The van der Waals surface area contributed by atoms with E-state index in [4.69, 9.17) is 4.74 Å². The summed E-state index contributed by atoms with van der Waals surface area (Å²) in [6, 6.07) is 0. The van der Waals surface area contributed by atoms with E-state index in [1.165, 1.54) is 12.8 Å². The standard InChI is InChI=1S/C26H46O4/c1-17-7-11-20(12-8-17)23(14-10-19(3)16-26(4,5)6)30-25(29)21-13-9-18(2)15-22(21)24(27)28/h17-23H,7-16H2,1-6H3,(H,27,28). The Morgan fingerprint density at radius 3 is 2.10 bits per heavy atom. The van der Waals surface area contributed by atoms with Crippen LogP contribution in [0.5, 0.6) is 0 Å². The normalized spacial score (nSPS) is 32.3. The molecule has 0 aliphatic heterocycles. The predicted octanol–water partition coefficient (Wildman–Crippen LogP) is 6.71. The van der Waals surface area contributed by atoms with Gasteiger partial charge < -0.3 is 9.84 Å². The predicted molar refractivity (Wildman–Crippen MR) is 121 cm³/mol. The highest BCUT2D eigenvalue weighted by Gasteiger charge is 2.41. The average Bonchev–Trinajstić information content (AvgIpc) is 2.64. The van der Waals surface area contributed by atoms with Crippen LogP contribution in [0.4, 0.5) is 0 Å². The van der Waals surface area contributed by atoms with Crippen molar-refractivity contribution in [2.75, 3.05) is 0 Å². The zero-order valence-corrected chi connectivity index (χ0v) is 20.3. The van der Waals surface area contributed by atoms with Crippen molar-refractivity contribution in [1.82, 2.24) is 0 Å². The van der Waals surface area contributed by atoms with Crippen LogP contribution in [0.3, 0.4) is 0 Å². The molecule has 0 heterocycles. The number of carbonyl (C=O) groups excluding carboxylic acids is 1. The minimum absolute atomic E-state index is 0.0544. The van der Waals surface area contributed by atoms with E-state index >= 15 is 0 Å². The maximum absolute atomic E-state index is 13.1. The highest BCUT2D eigenvalue weighted by molar-refractivity contribution is 5.81. The van der Waals surface area contributed by atoms with E-state index in [0.29, 0.717) is 36.0 Å². The molecule has 30 heavy (non-hydrogen) atoms. The number of ether oxygens (including phenoxy) is 1. The molecule has 0 spiro atoms. The van der Waals surface area contributed by atoms with Crippen molar-refractivity contribution >= 4 is 11.9 Å². The minimum atomic E-state index is -0.842. The number of rotatable bonds is 8. The molecule has 2 aliphatic rings. The molecular weight excluding hydrogens is 376 g/mol. The van der Waals surface area contributed by atoms with Gasteiger partial charge in [0.1, 0.15) is 6.10 Å². The van der Waals surface area contributed by atoms with E-state index in [1.807, 2.05) is 0 Å². The van der Waals surface area contributed by atoms with Crippen molar-refractivity contribution in [2.24, 2.45) is 40.9 Å². The third-order valence-electron chi connectivity index (χ3n) is 7.49. The molecular formula is C26H46O4. The van der Waals surface area contributed by atoms with Crippen LogP contribution in [-0.2, 0) is 14.3 Å². The number of esters is 1. The zero-order valence-electron chi connectivity index (χ0n) is 20.3. The SMILES string of the molecule is CC1CCC(C(CCC(C)CC(C)(C)C)OC(=O)C2CCC(C)CC2C(=O)O)CC1. The molecule has 5 atom stereocenters. The molecule has 0 radical (unpaired) electrons. The highest BCUT2D eigenvalue weighted by atomic mass is 16.5. The van der Waals surface area contributed by atoms with Gasteiger partial charge in [0.25, 0.3) is 0 Å². The molecule has 0 aromatic rings. The monoisotopic (exact) mass is 422 g/mol. The molecule has 2 saturated carbocycles. The molecule has 1 N–H and O–H groups in total. The Bertz CT molecular complexity index is 556. The lowest BCUT2D eigenvalue weighted by atomic mass is 9.74. The third-order valence-corrected chi connectivity index (χ3v) is 7.49. The van der Waals surface area contributed by atoms with Gasteiger partial charge in [0.05, 0.1) is 11.8 Å². The second-order valence-corrected chi connectivity index (χ2v) is 11.9. The van der Waals surface area contributed by atoms with Crippen LogP contribution >= 0.6 is 0 Å². The maximum atomic E-state index is 13.1. The Labute approximate surface area is 184 Å². The molecule has 4 heteroatoms. The van der Waals surface area contributed by atoms with Crippen LogP contribution < -0.4 is 0 Å². The van der Waals surface area contributed by atoms with Crippen molar-refractivity contribution in [3.63, 3.8) is 0 Å². The first kappa shape index (κ1) is 25.2. The van der Waals surface area contributed by atoms with Crippen molar-refractivity contribution < 1.29 is 19.4 Å². The first-order chi connectivity index (χ1) is 14.0. The Balaban J connectivity index is 2.04.